The summed E-state index contributed by atoms with van der Waals surface area (Å²) in [5.41, 5.74) is 9.40. The number of nitriles is 1. The van der Waals surface area contributed by atoms with Gasteiger partial charge in [0.1, 0.15) is 0 Å². The molecule has 4 rings (SSSR count). The van der Waals surface area contributed by atoms with Crippen molar-refractivity contribution in [2.75, 3.05) is 11.4 Å². The second-order valence-electron chi connectivity index (χ2n) is 6.85. The molecule has 2 atom stereocenters. The van der Waals surface area contributed by atoms with Crippen LogP contribution < -0.4 is 10.6 Å². The Labute approximate surface area is 148 Å². The fourth-order valence-corrected chi connectivity index (χ4v) is 4.11. The average Bonchev–Trinajstić information content (AvgIpc) is 2.97. The van der Waals surface area contributed by atoms with Crippen LogP contribution in [0.1, 0.15) is 24.5 Å². The molecule has 25 heavy (non-hydrogen) atoms. The Bertz CT molecular complexity index is 958. The molecule has 1 fully saturated rings. The first-order chi connectivity index (χ1) is 12.2. The van der Waals surface area contributed by atoms with Crippen LogP contribution in [0, 0.1) is 11.3 Å². The number of nitrogens with zero attached hydrogens (tertiary/aromatic N) is 2. The Balaban J connectivity index is 1.93. The van der Waals surface area contributed by atoms with Gasteiger partial charge in [-0.2, -0.15) is 5.26 Å². The van der Waals surface area contributed by atoms with Gasteiger partial charge in [-0.05, 0) is 31.0 Å². The zero-order chi connectivity index (χ0) is 17.4. The highest BCUT2D eigenvalue weighted by molar-refractivity contribution is 5.98. The molecule has 0 saturated carbocycles. The second-order valence-corrected chi connectivity index (χ2v) is 6.85. The van der Waals surface area contributed by atoms with Crippen molar-refractivity contribution in [3.8, 4) is 6.07 Å². The predicted molar refractivity (Wildman–Crippen MR) is 102 cm³/mol. The van der Waals surface area contributed by atoms with E-state index >= 15 is 0 Å². The standard InChI is InChI=1S/C22H21N3/c1-22(17-7-3-2-4-8-17)21(24)13-14-25(22)20-12-11-16(15-23)18-9-5-6-10-19(18)20/h2-12,21H,13-14,24H2,1H3. The first kappa shape index (κ1) is 15.7. The van der Waals surface area contributed by atoms with Crippen molar-refractivity contribution < 1.29 is 0 Å². The van der Waals surface area contributed by atoms with Crippen LogP contribution in [0.2, 0.25) is 0 Å². The molecule has 2 unspecified atom stereocenters. The molecule has 0 bridgehead atoms. The average molecular weight is 327 g/mol. The molecular weight excluding hydrogens is 306 g/mol. The molecule has 2 N–H and O–H groups in total. The van der Waals surface area contributed by atoms with Gasteiger partial charge >= 0.3 is 0 Å². The van der Waals surface area contributed by atoms with Gasteiger partial charge in [0.05, 0.1) is 17.2 Å². The smallest absolute Gasteiger partial charge is 0.0998 e. The maximum Gasteiger partial charge on any atom is 0.0998 e. The molecule has 1 heterocycles. The lowest BCUT2D eigenvalue weighted by atomic mass is 9.85. The van der Waals surface area contributed by atoms with Crippen molar-refractivity contribution in [3.63, 3.8) is 0 Å². The van der Waals surface area contributed by atoms with E-state index in [9.17, 15) is 5.26 Å². The Hall–Kier alpha value is -2.83. The Kier molecular flexibility index (Phi) is 3.71. The van der Waals surface area contributed by atoms with Crippen LogP contribution in [0.25, 0.3) is 10.8 Å². The summed E-state index contributed by atoms with van der Waals surface area (Å²) in [4.78, 5) is 2.41. The van der Waals surface area contributed by atoms with Gasteiger partial charge in [-0.15, -0.1) is 0 Å². The summed E-state index contributed by atoms with van der Waals surface area (Å²) < 4.78 is 0. The van der Waals surface area contributed by atoms with Crippen molar-refractivity contribution in [1.82, 2.24) is 0 Å². The zero-order valence-electron chi connectivity index (χ0n) is 14.3. The Morgan fingerprint density at radius 3 is 2.40 bits per heavy atom. The van der Waals surface area contributed by atoms with Crippen LogP contribution in [-0.4, -0.2) is 12.6 Å². The molecule has 124 valence electrons. The fourth-order valence-electron chi connectivity index (χ4n) is 4.11. The van der Waals surface area contributed by atoms with Gasteiger partial charge in [0.25, 0.3) is 0 Å². The van der Waals surface area contributed by atoms with E-state index in [2.05, 4.69) is 54.3 Å². The third-order valence-corrected chi connectivity index (χ3v) is 5.62. The topological polar surface area (TPSA) is 53.0 Å². The highest BCUT2D eigenvalue weighted by Crippen LogP contribution is 2.43. The van der Waals surface area contributed by atoms with Crippen LogP contribution >= 0.6 is 0 Å². The minimum Gasteiger partial charge on any atom is -0.360 e. The molecule has 0 radical (unpaired) electrons. The molecule has 3 nitrogen and oxygen atoms in total. The Morgan fingerprint density at radius 1 is 1.00 bits per heavy atom. The molecule has 0 aliphatic carbocycles. The molecule has 1 saturated heterocycles. The maximum atomic E-state index is 9.43. The van der Waals surface area contributed by atoms with E-state index in [1.165, 1.54) is 5.56 Å². The molecule has 1 aliphatic heterocycles. The van der Waals surface area contributed by atoms with Crippen LogP contribution in [0.3, 0.4) is 0 Å². The maximum absolute atomic E-state index is 9.43. The van der Waals surface area contributed by atoms with E-state index in [0.717, 1.165) is 29.4 Å². The summed E-state index contributed by atoms with van der Waals surface area (Å²) in [5, 5.41) is 11.5. The first-order valence-electron chi connectivity index (χ1n) is 8.67. The van der Waals surface area contributed by atoms with E-state index in [1.54, 1.807) is 0 Å². The van der Waals surface area contributed by atoms with Crippen LogP contribution in [0.15, 0.2) is 66.7 Å². The lowest BCUT2D eigenvalue weighted by Gasteiger charge is -2.40. The number of rotatable bonds is 2. The molecule has 3 aromatic carbocycles. The quantitative estimate of drug-likeness (QED) is 0.769. The van der Waals surface area contributed by atoms with Crippen molar-refractivity contribution in [2.24, 2.45) is 5.73 Å². The number of anilines is 1. The molecule has 0 aromatic heterocycles. The fraction of sp³-hybridized carbons (Fsp3) is 0.227. The van der Waals surface area contributed by atoms with E-state index in [1.807, 2.05) is 30.3 Å². The summed E-state index contributed by atoms with van der Waals surface area (Å²) in [7, 11) is 0. The monoisotopic (exact) mass is 327 g/mol. The lowest BCUT2D eigenvalue weighted by Crippen LogP contribution is -2.48. The summed E-state index contributed by atoms with van der Waals surface area (Å²) >= 11 is 0. The van der Waals surface area contributed by atoms with E-state index < -0.39 is 0 Å². The van der Waals surface area contributed by atoms with Crippen molar-refractivity contribution >= 4 is 16.5 Å². The number of fused-ring (bicyclic) bond motifs is 1. The van der Waals surface area contributed by atoms with Crippen LogP contribution in [0.5, 0.6) is 0 Å². The summed E-state index contributed by atoms with van der Waals surface area (Å²) in [6.07, 6.45) is 0.944. The molecular formula is C22H21N3. The summed E-state index contributed by atoms with van der Waals surface area (Å²) in [6, 6.07) is 25.0. The van der Waals surface area contributed by atoms with Gasteiger partial charge < -0.3 is 10.6 Å². The lowest BCUT2D eigenvalue weighted by molar-refractivity contribution is 0.431. The third kappa shape index (κ3) is 2.30. The number of hydrogen-bond acceptors (Lipinski definition) is 3. The van der Waals surface area contributed by atoms with Gasteiger partial charge in [0, 0.05) is 29.0 Å². The number of hydrogen-bond donors (Lipinski definition) is 1. The Morgan fingerprint density at radius 2 is 1.68 bits per heavy atom. The zero-order valence-corrected chi connectivity index (χ0v) is 14.3. The van der Waals surface area contributed by atoms with Gasteiger partial charge in [-0.3, -0.25) is 0 Å². The molecule has 0 spiro atoms. The molecule has 3 heteroatoms. The molecule has 0 amide bonds. The highest BCUT2D eigenvalue weighted by Gasteiger charge is 2.45. The predicted octanol–water partition coefficient (Wildman–Crippen LogP) is 4.16. The van der Waals surface area contributed by atoms with Crippen molar-refractivity contribution in [3.05, 3.63) is 77.9 Å². The van der Waals surface area contributed by atoms with Crippen molar-refractivity contribution in [2.45, 2.75) is 24.9 Å². The van der Waals surface area contributed by atoms with E-state index in [4.69, 9.17) is 5.73 Å². The minimum atomic E-state index is -0.266. The van der Waals surface area contributed by atoms with Gasteiger partial charge in [-0.25, -0.2) is 0 Å². The normalized spacial score (nSPS) is 22.9. The van der Waals surface area contributed by atoms with E-state index in [-0.39, 0.29) is 11.6 Å². The van der Waals surface area contributed by atoms with Gasteiger partial charge in [0.15, 0.2) is 0 Å². The summed E-state index contributed by atoms with van der Waals surface area (Å²) in [6.45, 7) is 3.13. The number of benzene rings is 3. The molecule has 1 aliphatic rings. The third-order valence-electron chi connectivity index (χ3n) is 5.62. The van der Waals surface area contributed by atoms with Gasteiger partial charge in [0.2, 0.25) is 0 Å². The van der Waals surface area contributed by atoms with Crippen LogP contribution in [-0.2, 0) is 5.54 Å². The summed E-state index contributed by atoms with van der Waals surface area (Å²) in [5.74, 6) is 0. The van der Waals surface area contributed by atoms with Gasteiger partial charge in [-0.1, -0.05) is 54.6 Å². The van der Waals surface area contributed by atoms with Crippen molar-refractivity contribution in [1.29, 1.82) is 5.26 Å². The molecule has 3 aromatic rings. The van der Waals surface area contributed by atoms with E-state index in [0.29, 0.717) is 5.56 Å². The highest BCUT2D eigenvalue weighted by atomic mass is 15.2. The number of nitrogens with two attached hydrogens (primary N) is 1. The largest absolute Gasteiger partial charge is 0.360 e. The second kappa shape index (κ2) is 5.91. The minimum absolute atomic E-state index is 0.0595. The first-order valence-corrected chi connectivity index (χ1v) is 8.67. The SMILES string of the molecule is CC1(c2ccccc2)C(N)CCN1c1ccc(C#N)c2ccccc12. The van der Waals surface area contributed by atoms with Crippen LogP contribution in [0.4, 0.5) is 5.69 Å².